The van der Waals surface area contributed by atoms with Gasteiger partial charge in [0.15, 0.2) is 17.3 Å². The van der Waals surface area contributed by atoms with E-state index in [1.807, 2.05) is 12.1 Å². The van der Waals surface area contributed by atoms with Gasteiger partial charge in [-0.2, -0.15) is 5.26 Å². The van der Waals surface area contributed by atoms with Gasteiger partial charge in [-0.05, 0) is 74.2 Å². The highest BCUT2D eigenvalue weighted by Gasteiger charge is 2.44. The van der Waals surface area contributed by atoms with E-state index in [2.05, 4.69) is 22.9 Å². The second kappa shape index (κ2) is 10.9. The van der Waals surface area contributed by atoms with Crippen LogP contribution in [-0.2, 0) is 0 Å². The van der Waals surface area contributed by atoms with Gasteiger partial charge in [0.1, 0.15) is 31.7 Å². The predicted octanol–water partition coefficient (Wildman–Crippen LogP) is 2.59. The predicted molar refractivity (Wildman–Crippen MR) is 133 cm³/mol. The molecule has 36 heavy (non-hydrogen) atoms. The van der Waals surface area contributed by atoms with Crippen LogP contribution in [0.3, 0.4) is 0 Å². The van der Waals surface area contributed by atoms with Gasteiger partial charge in [0, 0.05) is 31.2 Å². The topological polar surface area (TPSA) is 95.3 Å². The largest absolute Gasteiger partial charge is 0.491 e. The van der Waals surface area contributed by atoms with Crippen molar-refractivity contribution in [3.05, 3.63) is 53.6 Å². The van der Waals surface area contributed by atoms with E-state index in [4.69, 9.17) is 19.5 Å². The summed E-state index contributed by atoms with van der Waals surface area (Å²) < 4.78 is 16.9. The average molecular weight is 492 g/mol. The van der Waals surface area contributed by atoms with Crippen molar-refractivity contribution in [3.8, 4) is 23.3 Å². The molecule has 2 fully saturated rings. The Hall–Kier alpha value is -3.12. The Morgan fingerprint density at radius 2 is 1.83 bits per heavy atom. The molecular weight excluding hydrogens is 458 g/mol. The van der Waals surface area contributed by atoms with Crippen molar-refractivity contribution >= 4 is 5.78 Å². The van der Waals surface area contributed by atoms with Crippen molar-refractivity contribution in [2.24, 2.45) is 11.8 Å². The molecule has 1 N–H and O–H groups in total. The van der Waals surface area contributed by atoms with E-state index < -0.39 is 6.10 Å². The van der Waals surface area contributed by atoms with Gasteiger partial charge in [-0.25, -0.2) is 0 Å². The van der Waals surface area contributed by atoms with Crippen molar-refractivity contribution in [2.75, 3.05) is 53.0 Å². The Balaban J connectivity index is 1.11. The van der Waals surface area contributed by atoms with Crippen LogP contribution in [0.4, 0.5) is 0 Å². The molecule has 3 unspecified atom stereocenters. The van der Waals surface area contributed by atoms with Crippen LogP contribution in [0.15, 0.2) is 42.5 Å². The van der Waals surface area contributed by atoms with Crippen LogP contribution >= 0.6 is 0 Å². The van der Waals surface area contributed by atoms with Crippen LogP contribution in [0.25, 0.3) is 0 Å². The normalized spacial score (nSPS) is 23.8. The minimum atomic E-state index is -0.592. The monoisotopic (exact) mass is 491 g/mol. The summed E-state index contributed by atoms with van der Waals surface area (Å²) in [7, 11) is 2.06. The number of hydrogen-bond donors (Lipinski definition) is 1. The number of aliphatic hydroxyl groups excluding tert-OH is 1. The van der Waals surface area contributed by atoms with Gasteiger partial charge in [-0.3, -0.25) is 14.6 Å². The second-order valence-electron chi connectivity index (χ2n) is 10.1. The fourth-order valence-electron chi connectivity index (χ4n) is 5.97. The number of nitriles is 1. The number of carbonyl (C=O) groups excluding carboxylic acids is 1. The third kappa shape index (κ3) is 5.49. The average Bonchev–Trinajstić information content (AvgIpc) is 3.17. The molecule has 0 aromatic heterocycles. The molecule has 1 saturated heterocycles. The van der Waals surface area contributed by atoms with E-state index >= 15 is 0 Å². The number of likely N-dealkylation sites (N-methyl/N-ethyl adjacent to an activating group) is 1. The zero-order valence-corrected chi connectivity index (χ0v) is 20.6. The Kier molecular flexibility index (Phi) is 7.42. The number of fused-ring (bicyclic) bond motifs is 3. The molecule has 190 valence electrons. The van der Waals surface area contributed by atoms with Crippen LogP contribution in [-0.4, -0.2) is 85.9 Å². The summed E-state index contributed by atoms with van der Waals surface area (Å²) in [6.45, 7) is 4.02. The Morgan fingerprint density at radius 1 is 1.14 bits per heavy atom. The number of hydrogen-bond acceptors (Lipinski definition) is 8. The summed E-state index contributed by atoms with van der Waals surface area (Å²) in [5.74, 6) is 3.04. The third-order valence-electron chi connectivity index (χ3n) is 7.52. The van der Waals surface area contributed by atoms with Gasteiger partial charge in [-0.15, -0.1) is 0 Å². The molecule has 3 aliphatic rings. The highest BCUT2D eigenvalue weighted by Crippen LogP contribution is 2.40. The van der Waals surface area contributed by atoms with Crippen molar-refractivity contribution in [1.29, 1.82) is 5.26 Å². The molecule has 8 nitrogen and oxygen atoms in total. The van der Waals surface area contributed by atoms with Crippen molar-refractivity contribution in [3.63, 3.8) is 0 Å². The van der Waals surface area contributed by atoms with Crippen molar-refractivity contribution in [1.82, 2.24) is 9.80 Å². The van der Waals surface area contributed by atoms with E-state index in [0.29, 0.717) is 72.6 Å². The van der Waals surface area contributed by atoms with E-state index in [0.717, 1.165) is 25.9 Å². The molecule has 0 spiro atoms. The minimum absolute atomic E-state index is 0.0895. The zero-order chi connectivity index (χ0) is 25.1. The molecule has 2 aromatic carbocycles. The molecule has 0 radical (unpaired) electrons. The number of β-amino-alcohol motifs (C(OH)–C–C–N with tert-alkyl or cyclic N) is 1. The first-order chi connectivity index (χ1) is 17.5. The lowest BCUT2D eigenvalue weighted by molar-refractivity contribution is 0.0196. The lowest BCUT2D eigenvalue weighted by Crippen LogP contribution is -2.54. The molecule has 5 rings (SSSR count). The van der Waals surface area contributed by atoms with Crippen LogP contribution in [0.1, 0.15) is 28.8 Å². The molecule has 2 bridgehead atoms. The molecular formula is C28H33N3O5. The first kappa shape index (κ1) is 24.6. The molecule has 1 aliphatic carbocycles. The molecule has 2 aromatic rings. The number of aliphatic hydroxyl groups is 1. The summed E-state index contributed by atoms with van der Waals surface area (Å²) in [6, 6.07) is 14.8. The maximum Gasteiger partial charge on any atom is 0.176 e. The van der Waals surface area contributed by atoms with Gasteiger partial charge >= 0.3 is 0 Å². The van der Waals surface area contributed by atoms with Crippen molar-refractivity contribution in [2.45, 2.75) is 25.0 Å². The molecule has 2 heterocycles. The SMILES string of the molecule is CN(CC(=O)c1ccc2c(c1)OCCO2)C1C2CCC1CN(CC(O)COc1ccc(C#N)cc1)C2. The first-order valence-electron chi connectivity index (χ1n) is 12.7. The smallest absolute Gasteiger partial charge is 0.176 e. The van der Waals surface area contributed by atoms with Gasteiger partial charge < -0.3 is 19.3 Å². The van der Waals surface area contributed by atoms with Crippen LogP contribution in [0.2, 0.25) is 0 Å². The fraction of sp³-hybridized carbons (Fsp3) is 0.500. The van der Waals surface area contributed by atoms with Crippen molar-refractivity contribution < 1.29 is 24.1 Å². The molecule has 1 saturated carbocycles. The van der Waals surface area contributed by atoms with Crippen LogP contribution in [0.5, 0.6) is 17.2 Å². The number of Topliss-reactive ketones (excluding diaryl/α,β-unsaturated/α-hetero) is 1. The van der Waals surface area contributed by atoms with E-state index in [-0.39, 0.29) is 12.4 Å². The summed E-state index contributed by atoms with van der Waals surface area (Å²) in [5.41, 5.74) is 1.24. The summed E-state index contributed by atoms with van der Waals surface area (Å²) in [5, 5.41) is 19.5. The number of piperidine rings is 1. The number of likely N-dealkylation sites (tertiary alicyclic amines) is 1. The number of ether oxygens (including phenoxy) is 3. The lowest BCUT2D eigenvalue weighted by Gasteiger charge is -2.42. The number of ketones is 1. The summed E-state index contributed by atoms with van der Waals surface area (Å²) in [4.78, 5) is 17.6. The van der Waals surface area contributed by atoms with E-state index in [1.54, 1.807) is 30.3 Å². The highest BCUT2D eigenvalue weighted by molar-refractivity contribution is 5.98. The maximum absolute atomic E-state index is 13.0. The quantitative estimate of drug-likeness (QED) is 0.535. The summed E-state index contributed by atoms with van der Waals surface area (Å²) >= 11 is 0. The molecule has 3 atom stereocenters. The summed E-state index contributed by atoms with van der Waals surface area (Å²) in [6.07, 6.45) is 1.70. The standard InChI is InChI=1S/C28H33N3O5/c1-30(17-25(33)20-6-9-26-27(12-20)35-11-10-34-26)28-21-4-5-22(28)15-31(14-21)16-23(32)18-36-24-7-2-19(13-29)3-8-24/h2-3,6-9,12,21-23,28,32H,4-5,10-11,14-18H2,1H3. The van der Waals surface area contributed by atoms with Crippen LogP contribution < -0.4 is 14.2 Å². The van der Waals surface area contributed by atoms with Gasteiger partial charge in [0.2, 0.25) is 0 Å². The highest BCUT2D eigenvalue weighted by atomic mass is 16.6. The Morgan fingerprint density at radius 3 is 2.53 bits per heavy atom. The number of benzene rings is 2. The minimum Gasteiger partial charge on any atom is -0.491 e. The number of carbonyl (C=O) groups is 1. The maximum atomic E-state index is 13.0. The molecule has 8 heteroatoms. The van der Waals surface area contributed by atoms with Crippen LogP contribution in [0, 0.1) is 23.2 Å². The third-order valence-corrected chi connectivity index (χ3v) is 7.52. The van der Waals surface area contributed by atoms with Gasteiger partial charge in [-0.1, -0.05) is 0 Å². The van der Waals surface area contributed by atoms with Gasteiger partial charge in [0.05, 0.1) is 18.2 Å². The lowest BCUT2D eigenvalue weighted by atomic mass is 9.90. The Labute approximate surface area is 212 Å². The van der Waals surface area contributed by atoms with E-state index in [1.165, 1.54) is 0 Å². The zero-order valence-electron chi connectivity index (χ0n) is 20.6. The number of nitrogens with zero attached hydrogens (tertiary/aromatic N) is 3. The second-order valence-corrected chi connectivity index (χ2v) is 10.1. The molecule has 0 amide bonds. The Bertz CT molecular complexity index is 1100. The number of rotatable bonds is 9. The van der Waals surface area contributed by atoms with Gasteiger partial charge in [0.25, 0.3) is 0 Å². The fourth-order valence-corrected chi connectivity index (χ4v) is 5.97. The first-order valence-corrected chi connectivity index (χ1v) is 12.7. The molecule has 2 aliphatic heterocycles. The van der Waals surface area contributed by atoms with E-state index in [9.17, 15) is 9.90 Å².